The molecule has 1 amide bonds. The van der Waals surface area contributed by atoms with Gasteiger partial charge in [-0.15, -0.1) is 10.2 Å². The first-order valence-electron chi connectivity index (χ1n) is 9.03. The second-order valence-corrected chi connectivity index (χ2v) is 8.04. The van der Waals surface area contributed by atoms with E-state index in [0.717, 1.165) is 12.0 Å². The number of nitrogens with zero attached hydrogens (tertiary/aromatic N) is 3. The number of hydrogen-bond donors (Lipinski definition) is 1. The van der Waals surface area contributed by atoms with Crippen LogP contribution in [0, 0.1) is 17.7 Å². The van der Waals surface area contributed by atoms with Crippen molar-refractivity contribution >= 4 is 17.7 Å². The highest BCUT2D eigenvalue weighted by Crippen LogP contribution is 2.29. The maximum Gasteiger partial charge on any atom is 0.230 e. The van der Waals surface area contributed by atoms with Crippen molar-refractivity contribution in [2.75, 3.05) is 5.75 Å². The van der Waals surface area contributed by atoms with Crippen LogP contribution in [0.25, 0.3) is 11.4 Å². The third kappa shape index (κ3) is 4.26. The second kappa shape index (κ2) is 8.20. The zero-order chi connectivity index (χ0) is 18.7. The Morgan fingerprint density at radius 2 is 2.00 bits per heavy atom. The number of benzene rings is 1. The molecular formula is C19H25FN4OS. The van der Waals surface area contributed by atoms with Gasteiger partial charge in [0.15, 0.2) is 11.0 Å². The summed E-state index contributed by atoms with van der Waals surface area (Å²) in [5, 5.41) is 12.2. The molecule has 0 radical (unpaired) electrons. The molecule has 3 atom stereocenters. The highest BCUT2D eigenvalue weighted by molar-refractivity contribution is 7.99. The standard InChI is InChI=1S/C19H25FN4OS/c1-12-5-4-6-16(13(12)2)21-17(25)11-26-19-23-22-18(24(19)3)14-7-9-15(20)10-8-14/h7-10,12-13,16H,4-6,11H2,1-3H3,(H,21,25)/t12-,13+,16+/m0/s1. The Bertz CT molecular complexity index is 761. The van der Waals surface area contributed by atoms with Crippen molar-refractivity contribution in [3.05, 3.63) is 30.1 Å². The number of aromatic nitrogens is 3. The van der Waals surface area contributed by atoms with Crippen LogP contribution in [0.3, 0.4) is 0 Å². The van der Waals surface area contributed by atoms with Crippen LogP contribution >= 0.6 is 11.8 Å². The van der Waals surface area contributed by atoms with Gasteiger partial charge in [-0.05, 0) is 42.5 Å². The van der Waals surface area contributed by atoms with Crippen LogP contribution in [0.1, 0.15) is 33.1 Å². The fraction of sp³-hybridized carbons (Fsp3) is 0.526. The van der Waals surface area contributed by atoms with Gasteiger partial charge in [0.25, 0.3) is 0 Å². The summed E-state index contributed by atoms with van der Waals surface area (Å²) in [7, 11) is 1.85. The molecular weight excluding hydrogens is 351 g/mol. The zero-order valence-corrected chi connectivity index (χ0v) is 16.2. The largest absolute Gasteiger partial charge is 0.352 e. The number of hydrogen-bond acceptors (Lipinski definition) is 4. The molecule has 7 heteroatoms. The fourth-order valence-electron chi connectivity index (χ4n) is 3.46. The lowest BCUT2D eigenvalue weighted by molar-refractivity contribution is -0.120. The van der Waals surface area contributed by atoms with Crippen LogP contribution in [0.5, 0.6) is 0 Å². The topological polar surface area (TPSA) is 59.8 Å². The van der Waals surface area contributed by atoms with E-state index in [0.29, 0.717) is 28.6 Å². The molecule has 0 unspecified atom stereocenters. The molecule has 1 heterocycles. The van der Waals surface area contributed by atoms with Crippen molar-refractivity contribution in [2.45, 2.75) is 44.3 Å². The smallest absolute Gasteiger partial charge is 0.230 e. The number of carbonyl (C=O) groups excluding carboxylic acids is 1. The minimum absolute atomic E-state index is 0.0345. The van der Waals surface area contributed by atoms with E-state index in [4.69, 9.17) is 0 Å². The number of amides is 1. The van der Waals surface area contributed by atoms with Crippen molar-refractivity contribution in [1.82, 2.24) is 20.1 Å². The van der Waals surface area contributed by atoms with Crippen LogP contribution in [0.15, 0.2) is 29.4 Å². The van der Waals surface area contributed by atoms with Crippen molar-refractivity contribution in [3.63, 3.8) is 0 Å². The highest BCUT2D eigenvalue weighted by Gasteiger charge is 2.28. The molecule has 1 aromatic carbocycles. The van der Waals surface area contributed by atoms with Gasteiger partial charge in [-0.1, -0.05) is 38.5 Å². The van der Waals surface area contributed by atoms with E-state index < -0.39 is 0 Å². The lowest BCUT2D eigenvalue weighted by Crippen LogP contribution is -2.44. The Balaban J connectivity index is 1.58. The van der Waals surface area contributed by atoms with Gasteiger partial charge in [0, 0.05) is 18.7 Å². The monoisotopic (exact) mass is 376 g/mol. The van der Waals surface area contributed by atoms with Crippen LogP contribution in [-0.2, 0) is 11.8 Å². The summed E-state index contributed by atoms with van der Waals surface area (Å²) in [6.45, 7) is 4.48. The first kappa shape index (κ1) is 18.9. The predicted molar refractivity (Wildman–Crippen MR) is 101 cm³/mol. The van der Waals surface area contributed by atoms with E-state index in [1.807, 2.05) is 11.6 Å². The van der Waals surface area contributed by atoms with Crippen LogP contribution in [-0.4, -0.2) is 32.5 Å². The van der Waals surface area contributed by atoms with Gasteiger partial charge in [0.1, 0.15) is 5.82 Å². The summed E-state index contributed by atoms with van der Waals surface area (Å²) in [6, 6.07) is 6.41. The zero-order valence-electron chi connectivity index (χ0n) is 15.4. The summed E-state index contributed by atoms with van der Waals surface area (Å²) < 4.78 is 14.9. The minimum Gasteiger partial charge on any atom is -0.352 e. The van der Waals surface area contributed by atoms with Gasteiger partial charge in [-0.25, -0.2) is 4.39 Å². The van der Waals surface area contributed by atoms with E-state index in [-0.39, 0.29) is 17.8 Å². The molecule has 1 N–H and O–H groups in total. The Morgan fingerprint density at radius 3 is 2.73 bits per heavy atom. The minimum atomic E-state index is -0.284. The Morgan fingerprint density at radius 1 is 1.27 bits per heavy atom. The molecule has 3 rings (SSSR count). The molecule has 2 aromatic rings. The maximum absolute atomic E-state index is 13.1. The van der Waals surface area contributed by atoms with Gasteiger partial charge in [-0.3, -0.25) is 4.79 Å². The number of nitrogens with one attached hydrogen (secondary N) is 1. The molecule has 1 saturated carbocycles. The summed E-state index contributed by atoms with van der Waals surface area (Å²) in [4.78, 5) is 12.3. The van der Waals surface area contributed by atoms with Gasteiger partial charge in [0.2, 0.25) is 5.91 Å². The SMILES string of the molecule is C[C@@H]1[C@@H](C)CCC[C@H]1NC(=O)CSc1nnc(-c2ccc(F)cc2)n1C. The van der Waals surface area contributed by atoms with E-state index in [1.165, 1.54) is 36.7 Å². The molecule has 0 spiro atoms. The van der Waals surface area contributed by atoms with E-state index in [9.17, 15) is 9.18 Å². The number of thioether (sulfide) groups is 1. The van der Waals surface area contributed by atoms with Crippen molar-refractivity contribution in [2.24, 2.45) is 18.9 Å². The third-order valence-electron chi connectivity index (χ3n) is 5.32. The molecule has 0 aliphatic heterocycles. The Labute approximate surface area is 157 Å². The summed E-state index contributed by atoms with van der Waals surface area (Å²) in [5.74, 6) is 1.88. The average molecular weight is 377 g/mol. The van der Waals surface area contributed by atoms with Gasteiger partial charge in [-0.2, -0.15) is 0 Å². The molecule has 26 heavy (non-hydrogen) atoms. The second-order valence-electron chi connectivity index (χ2n) is 7.10. The lowest BCUT2D eigenvalue weighted by atomic mass is 9.78. The number of rotatable bonds is 5. The average Bonchev–Trinajstić information content (AvgIpc) is 2.99. The lowest BCUT2D eigenvalue weighted by Gasteiger charge is -2.34. The normalized spacial score (nSPS) is 23.0. The molecule has 1 aliphatic carbocycles. The van der Waals surface area contributed by atoms with E-state index >= 15 is 0 Å². The molecule has 0 saturated heterocycles. The Kier molecular flexibility index (Phi) is 5.96. The van der Waals surface area contributed by atoms with Gasteiger partial charge in [0.05, 0.1) is 5.75 Å². The first-order chi connectivity index (χ1) is 12.5. The summed E-state index contributed by atoms with van der Waals surface area (Å²) >= 11 is 1.37. The first-order valence-corrected chi connectivity index (χ1v) is 10.0. The Hall–Kier alpha value is -1.89. The number of halogens is 1. The molecule has 1 aromatic heterocycles. The van der Waals surface area contributed by atoms with Crippen LogP contribution in [0.4, 0.5) is 4.39 Å². The van der Waals surface area contributed by atoms with Crippen LogP contribution < -0.4 is 5.32 Å². The fourth-order valence-corrected chi connectivity index (χ4v) is 4.18. The van der Waals surface area contributed by atoms with Gasteiger partial charge < -0.3 is 9.88 Å². The van der Waals surface area contributed by atoms with Crippen molar-refractivity contribution in [3.8, 4) is 11.4 Å². The van der Waals surface area contributed by atoms with E-state index in [1.54, 1.807) is 12.1 Å². The quantitative estimate of drug-likeness (QED) is 0.809. The molecule has 1 fully saturated rings. The third-order valence-corrected chi connectivity index (χ3v) is 6.34. The molecule has 1 aliphatic rings. The maximum atomic E-state index is 13.1. The highest BCUT2D eigenvalue weighted by atomic mass is 32.2. The number of carbonyl (C=O) groups is 1. The predicted octanol–water partition coefficient (Wildman–Crippen LogP) is 3.65. The van der Waals surface area contributed by atoms with Gasteiger partial charge >= 0.3 is 0 Å². The molecule has 0 bridgehead atoms. The molecule has 5 nitrogen and oxygen atoms in total. The summed E-state index contributed by atoms with van der Waals surface area (Å²) in [5.41, 5.74) is 0.794. The van der Waals surface area contributed by atoms with E-state index in [2.05, 4.69) is 29.4 Å². The summed E-state index contributed by atoms with van der Waals surface area (Å²) in [6.07, 6.45) is 3.47. The van der Waals surface area contributed by atoms with Crippen LogP contribution in [0.2, 0.25) is 0 Å². The van der Waals surface area contributed by atoms with Crippen molar-refractivity contribution < 1.29 is 9.18 Å². The van der Waals surface area contributed by atoms with Crippen molar-refractivity contribution in [1.29, 1.82) is 0 Å². The molecule has 140 valence electrons.